The third-order valence-electron chi connectivity index (χ3n) is 2.98. The largest absolute Gasteiger partial charge is 0.497 e. The summed E-state index contributed by atoms with van der Waals surface area (Å²) in [7, 11) is 4.29. The molecule has 19 heavy (non-hydrogen) atoms. The molecule has 0 aliphatic heterocycles. The van der Waals surface area contributed by atoms with Gasteiger partial charge in [0.05, 0.1) is 14.2 Å². The van der Waals surface area contributed by atoms with Crippen molar-refractivity contribution < 1.29 is 9.47 Å². The second-order valence-electron chi connectivity index (χ2n) is 4.30. The fourth-order valence-corrected chi connectivity index (χ4v) is 3.01. The lowest BCUT2D eigenvalue weighted by molar-refractivity contribution is 0.414. The Morgan fingerprint density at radius 2 is 1.05 bits per heavy atom. The number of hydrogen-bond acceptors (Lipinski definition) is 2. The Morgan fingerprint density at radius 3 is 1.37 bits per heavy atom. The molecule has 2 rings (SSSR count). The molecule has 0 aromatic heterocycles. The molecule has 2 aromatic rings. The fraction of sp³-hybridized carbons (Fsp3) is 0.250. The Labute approximate surface area is 117 Å². The van der Waals surface area contributed by atoms with E-state index in [-0.39, 0.29) is 0 Å². The van der Waals surface area contributed by atoms with Crippen LogP contribution in [-0.2, 0) is 12.1 Å². The summed E-state index contributed by atoms with van der Waals surface area (Å²) in [4.78, 5) is 0. The van der Waals surface area contributed by atoms with E-state index in [9.17, 15) is 0 Å². The molecule has 0 heterocycles. The average Bonchev–Trinajstić information content (AvgIpc) is 2.49. The topological polar surface area (TPSA) is 18.5 Å². The molecule has 0 fully saturated rings. The summed E-state index contributed by atoms with van der Waals surface area (Å²) < 4.78 is 10.3. The van der Waals surface area contributed by atoms with Crippen molar-refractivity contribution in [1.82, 2.24) is 0 Å². The lowest BCUT2D eigenvalue weighted by atomic mass is 10.2. The highest BCUT2D eigenvalue weighted by molar-refractivity contribution is 6.34. The van der Waals surface area contributed by atoms with Crippen LogP contribution < -0.4 is 9.47 Å². The molecule has 0 aliphatic rings. The fourth-order valence-electron chi connectivity index (χ4n) is 1.84. The monoisotopic (exact) mass is 270 g/mol. The highest BCUT2D eigenvalue weighted by Crippen LogP contribution is 2.13. The maximum atomic E-state index is 5.16. The highest BCUT2D eigenvalue weighted by atomic mass is 28.2. The summed E-state index contributed by atoms with van der Waals surface area (Å²) in [5.41, 5.74) is 2.74. The van der Waals surface area contributed by atoms with E-state index in [0.717, 1.165) is 33.1 Å². The minimum Gasteiger partial charge on any atom is -0.497 e. The number of ether oxygens (including phenoxy) is 2. The van der Waals surface area contributed by atoms with Gasteiger partial charge >= 0.3 is 0 Å². The van der Waals surface area contributed by atoms with E-state index < -0.39 is 0 Å². The summed E-state index contributed by atoms with van der Waals surface area (Å²) in [5.74, 6) is 1.84. The molecule has 0 bridgehead atoms. The number of methoxy groups -OCH3 is 2. The molecule has 2 nitrogen and oxygen atoms in total. The van der Waals surface area contributed by atoms with Crippen LogP contribution in [0.5, 0.6) is 11.5 Å². The summed E-state index contributed by atoms with van der Waals surface area (Å²) in [6, 6.07) is 18.9. The number of benzene rings is 2. The zero-order valence-corrected chi connectivity index (χ0v) is 12.3. The normalized spacial score (nSPS) is 10.2. The van der Waals surface area contributed by atoms with E-state index >= 15 is 0 Å². The summed E-state index contributed by atoms with van der Waals surface area (Å²) in [5, 5.41) is 0. The van der Waals surface area contributed by atoms with E-state index in [0.29, 0.717) is 0 Å². The van der Waals surface area contributed by atoms with E-state index in [2.05, 4.69) is 24.3 Å². The second kappa shape index (κ2) is 7.00. The van der Waals surface area contributed by atoms with Crippen molar-refractivity contribution in [3.05, 3.63) is 59.7 Å². The van der Waals surface area contributed by atoms with Gasteiger partial charge < -0.3 is 9.47 Å². The molecule has 0 unspecified atom stereocenters. The molecular weight excluding hydrogens is 252 g/mol. The van der Waals surface area contributed by atoms with Crippen molar-refractivity contribution in [2.75, 3.05) is 14.2 Å². The molecule has 0 amide bonds. The van der Waals surface area contributed by atoms with Crippen LogP contribution in [0.4, 0.5) is 0 Å². The van der Waals surface area contributed by atoms with Gasteiger partial charge in [0, 0.05) is 9.52 Å². The first-order chi connectivity index (χ1) is 9.31. The molecule has 2 radical (unpaired) electrons. The van der Waals surface area contributed by atoms with E-state index in [1.54, 1.807) is 14.2 Å². The van der Waals surface area contributed by atoms with Crippen molar-refractivity contribution in [3.8, 4) is 11.5 Å². The summed E-state index contributed by atoms with van der Waals surface area (Å²) in [6.45, 7) is 0. The van der Waals surface area contributed by atoms with Gasteiger partial charge in [0.2, 0.25) is 0 Å². The Balaban J connectivity index is 1.81. The van der Waals surface area contributed by atoms with Gasteiger partial charge in [-0.1, -0.05) is 35.4 Å². The van der Waals surface area contributed by atoms with Gasteiger partial charge in [-0.05, 0) is 36.4 Å². The maximum Gasteiger partial charge on any atom is 0.118 e. The van der Waals surface area contributed by atoms with Crippen molar-refractivity contribution in [2.45, 2.75) is 12.1 Å². The Morgan fingerprint density at radius 1 is 0.684 bits per heavy atom. The Hall–Kier alpha value is -1.74. The summed E-state index contributed by atoms with van der Waals surface area (Å²) >= 11 is 0. The molecule has 3 heteroatoms. The zero-order chi connectivity index (χ0) is 13.5. The van der Waals surface area contributed by atoms with E-state index in [4.69, 9.17) is 9.47 Å². The maximum absolute atomic E-state index is 5.16. The lowest BCUT2D eigenvalue weighted by Crippen LogP contribution is -2.01. The predicted octanol–water partition coefficient (Wildman–Crippen LogP) is 3.11. The Bertz CT molecular complexity index is 444. The summed E-state index contributed by atoms with van der Waals surface area (Å²) in [6.07, 6.45) is 0. The molecule has 98 valence electrons. The van der Waals surface area contributed by atoms with Crippen LogP contribution in [0.15, 0.2) is 48.5 Å². The van der Waals surface area contributed by atoms with Gasteiger partial charge in [-0.25, -0.2) is 0 Å². The third-order valence-corrected chi connectivity index (χ3v) is 4.29. The van der Waals surface area contributed by atoms with Crippen molar-refractivity contribution in [3.63, 3.8) is 0 Å². The van der Waals surface area contributed by atoms with Gasteiger partial charge in [0.1, 0.15) is 11.5 Å². The SMILES string of the molecule is COc1ccc(C[Si]Cc2ccc(OC)cc2)cc1. The number of rotatable bonds is 6. The van der Waals surface area contributed by atoms with Crippen LogP contribution in [0.1, 0.15) is 11.1 Å². The van der Waals surface area contributed by atoms with E-state index in [1.165, 1.54) is 11.1 Å². The first-order valence-corrected chi connectivity index (χ1v) is 7.70. The molecule has 0 atom stereocenters. The van der Waals surface area contributed by atoms with Crippen LogP contribution in [0, 0.1) is 0 Å². The van der Waals surface area contributed by atoms with Crippen LogP contribution in [-0.4, -0.2) is 23.7 Å². The van der Waals surface area contributed by atoms with Gasteiger partial charge in [-0.3, -0.25) is 0 Å². The van der Waals surface area contributed by atoms with Gasteiger partial charge in [-0.2, -0.15) is 0 Å². The smallest absolute Gasteiger partial charge is 0.118 e. The van der Waals surface area contributed by atoms with Crippen LogP contribution in [0.25, 0.3) is 0 Å². The molecule has 0 N–H and O–H groups in total. The second-order valence-corrected chi connectivity index (χ2v) is 5.51. The van der Waals surface area contributed by atoms with E-state index in [1.807, 2.05) is 24.3 Å². The minimum absolute atomic E-state index is 0.900. The molecule has 0 saturated heterocycles. The standard InChI is InChI=1S/C16H18O2Si/c1-17-15-7-3-13(4-8-15)11-19-12-14-5-9-16(18-2)10-6-14/h3-10H,11-12H2,1-2H3. The first-order valence-electron chi connectivity index (χ1n) is 6.28. The lowest BCUT2D eigenvalue weighted by Gasteiger charge is -2.04. The average molecular weight is 270 g/mol. The van der Waals surface area contributed by atoms with Gasteiger partial charge in [0.25, 0.3) is 0 Å². The molecular formula is C16H18O2Si. The number of hydrogen-bond donors (Lipinski definition) is 0. The molecule has 2 aromatic carbocycles. The van der Waals surface area contributed by atoms with Crippen LogP contribution >= 0.6 is 0 Å². The molecule has 0 aliphatic carbocycles. The highest BCUT2D eigenvalue weighted by Gasteiger charge is 1.98. The molecule has 0 saturated carbocycles. The quantitative estimate of drug-likeness (QED) is 0.751. The first kappa shape index (κ1) is 13.7. The third kappa shape index (κ3) is 4.14. The zero-order valence-electron chi connectivity index (χ0n) is 11.3. The van der Waals surface area contributed by atoms with Crippen LogP contribution in [0.3, 0.4) is 0 Å². The van der Waals surface area contributed by atoms with Crippen LogP contribution in [0.2, 0.25) is 0 Å². The van der Waals surface area contributed by atoms with Gasteiger partial charge in [-0.15, -0.1) is 0 Å². The Kier molecular flexibility index (Phi) is 5.04. The van der Waals surface area contributed by atoms with Crippen molar-refractivity contribution in [2.24, 2.45) is 0 Å². The van der Waals surface area contributed by atoms with Gasteiger partial charge in [0.15, 0.2) is 0 Å². The minimum atomic E-state index is 0.900. The van der Waals surface area contributed by atoms with Crippen molar-refractivity contribution >= 4 is 9.52 Å². The van der Waals surface area contributed by atoms with Crippen molar-refractivity contribution in [1.29, 1.82) is 0 Å². The predicted molar refractivity (Wildman–Crippen MR) is 79.2 cm³/mol. The molecule has 0 spiro atoms.